The smallest absolute Gasteiger partial charge is 0.271 e. The number of Topliss-reactive ketones (excluding diaryl/α,β-unsaturated/α-hetero) is 1. The van der Waals surface area contributed by atoms with Crippen LogP contribution in [0.3, 0.4) is 0 Å². The molecule has 0 radical (unpaired) electrons. The number of benzene rings is 2. The Bertz CT molecular complexity index is 802. The van der Waals surface area contributed by atoms with Gasteiger partial charge in [0.15, 0.2) is 5.78 Å². The molecule has 2 aromatic rings. The fraction of sp³-hybridized carbons (Fsp3) is 0.333. The third kappa shape index (κ3) is 3.48. The van der Waals surface area contributed by atoms with Crippen LogP contribution in [0.25, 0.3) is 0 Å². The van der Waals surface area contributed by atoms with Crippen LogP contribution < -0.4 is 5.32 Å². The number of carbonyl (C=O) groups is 2. The Morgan fingerprint density at radius 2 is 1.77 bits per heavy atom. The number of ketones is 1. The number of fused-ring (bicyclic) bond motifs is 1. The van der Waals surface area contributed by atoms with Crippen molar-refractivity contribution in [3.05, 3.63) is 65.7 Å². The molecule has 1 heterocycles. The monoisotopic (exact) mass is 352 g/mol. The van der Waals surface area contributed by atoms with Crippen LogP contribution in [-0.4, -0.2) is 28.9 Å². The van der Waals surface area contributed by atoms with Gasteiger partial charge >= 0.3 is 0 Å². The average Bonchev–Trinajstić information content (AvgIpc) is 2.71. The topological polar surface area (TPSA) is 58.6 Å². The van der Waals surface area contributed by atoms with E-state index < -0.39 is 11.6 Å². The Kier molecular flexibility index (Phi) is 5.09. The van der Waals surface area contributed by atoms with Crippen LogP contribution in [0.5, 0.6) is 0 Å². The molecule has 1 unspecified atom stereocenters. The molecule has 1 aliphatic rings. The largest absolute Gasteiger partial charge is 0.371 e. The van der Waals surface area contributed by atoms with Gasteiger partial charge < -0.3 is 5.32 Å². The first-order valence-corrected chi connectivity index (χ1v) is 8.86. The quantitative estimate of drug-likeness (QED) is 0.827. The molecule has 2 aromatic carbocycles. The predicted octanol–water partition coefficient (Wildman–Crippen LogP) is 3.98. The molecule has 1 amide bonds. The highest BCUT2D eigenvalue weighted by Gasteiger charge is 2.42. The third-order valence-electron chi connectivity index (χ3n) is 4.53. The van der Waals surface area contributed by atoms with E-state index in [9.17, 15) is 9.59 Å². The number of rotatable bonds is 5. The van der Waals surface area contributed by atoms with Crippen LogP contribution >= 0.6 is 0 Å². The number of para-hydroxylation sites is 1. The number of nitrogens with one attached hydrogen (secondary N) is 1. The van der Waals surface area contributed by atoms with Gasteiger partial charge in [0.05, 0.1) is 12.6 Å². The Labute approximate surface area is 153 Å². The number of hydrogen-bond donors (Lipinski definition) is 1. The summed E-state index contributed by atoms with van der Waals surface area (Å²) < 4.78 is 0. The van der Waals surface area contributed by atoms with E-state index in [-0.39, 0.29) is 18.1 Å². The van der Waals surface area contributed by atoms with Gasteiger partial charge in [-0.1, -0.05) is 48.5 Å². The number of anilines is 1. The summed E-state index contributed by atoms with van der Waals surface area (Å²) in [5.74, 6) is -0.218. The summed E-state index contributed by atoms with van der Waals surface area (Å²) in [6.45, 7) is 5.82. The molecule has 0 saturated carbocycles. The van der Waals surface area contributed by atoms with Gasteiger partial charge in [-0.2, -0.15) is 0 Å². The second kappa shape index (κ2) is 7.30. The van der Waals surface area contributed by atoms with Gasteiger partial charge in [-0.25, -0.2) is 5.06 Å². The van der Waals surface area contributed by atoms with Gasteiger partial charge in [0.25, 0.3) is 5.91 Å². The lowest BCUT2D eigenvalue weighted by atomic mass is 9.96. The maximum Gasteiger partial charge on any atom is 0.271 e. The highest BCUT2D eigenvalue weighted by atomic mass is 16.7. The Morgan fingerprint density at radius 1 is 1.12 bits per heavy atom. The maximum absolute atomic E-state index is 13.1. The lowest BCUT2D eigenvalue weighted by molar-refractivity contribution is -0.202. The number of amides is 1. The van der Waals surface area contributed by atoms with Crippen molar-refractivity contribution in [1.82, 2.24) is 5.06 Å². The highest BCUT2D eigenvalue weighted by Crippen LogP contribution is 2.37. The molecule has 0 fully saturated rings. The van der Waals surface area contributed by atoms with Gasteiger partial charge in [0.1, 0.15) is 5.54 Å². The van der Waals surface area contributed by atoms with Gasteiger partial charge in [-0.15, -0.1) is 0 Å². The van der Waals surface area contributed by atoms with Crippen molar-refractivity contribution >= 4 is 17.4 Å². The molecule has 3 rings (SSSR count). The van der Waals surface area contributed by atoms with E-state index in [2.05, 4.69) is 5.32 Å². The summed E-state index contributed by atoms with van der Waals surface area (Å²) in [6.07, 6.45) is 0.157. The number of nitrogens with zero attached hydrogens (tertiary/aromatic N) is 1. The molecule has 0 aromatic heterocycles. The van der Waals surface area contributed by atoms with Crippen LogP contribution in [0.4, 0.5) is 5.69 Å². The van der Waals surface area contributed by atoms with E-state index in [0.29, 0.717) is 12.2 Å². The number of carbonyl (C=O) groups excluding carboxylic acids is 2. The van der Waals surface area contributed by atoms with Gasteiger partial charge in [-0.05, 0) is 26.8 Å². The van der Waals surface area contributed by atoms with Crippen molar-refractivity contribution in [3.8, 4) is 0 Å². The molecule has 1 N–H and O–H groups in total. The molecule has 5 nitrogen and oxygen atoms in total. The van der Waals surface area contributed by atoms with Gasteiger partial charge in [0, 0.05) is 23.2 Å². The molecule has 0 aliphatic carbocycles. The Morgan fingerprint density at radius 3 is 2.46 bits per heavy atom. The fourth-order valence-electron chi connectivity index (χ4n) is 3.23. The van der Waals surface area contributed by atoms with E-state index in [4.69, 9.17) is 4.84 Å². The number of hydroxylamine groups is 2. The minimum atomic E-state index is -0.837. The first-order valence-electron chi connectivity index (χ1n) is 8.86. The molecule has 136 valence electrons. The minimum Gasteiger partial charge on any atom is -0.371 e. The van der Waals surface area contributed by atoms with Crippen molar-refractivity contribution in [3.63, 3.8) is 0 Å². The molecule has 5 heteroatoms. The predicted molar refractivity (Wildman–Crippen MR) is 101 cm³/mol. The van der Waals surface area contributed by atoms with Crippen molar-refractivity contribution in [2.75, 3.05) is 11.9 Å². The van der Waals surface area contributed by atoms with Crippen molar-refractivity contribution in [2.24, 2.45) is 0 Å². The van der Waals surface area contributed by atoms with Crippen molar-refractivity contribution < 1.29 is 14.4 Å². The van der Waals surface area contributed by atoms with E-state index in [1.165, 1.54) is 5.06 Å². The maximum atomic E-state index is 13.1. The summed E-state index contributed by atoms with van der Waals surface area (Å²) in [4.78, 5) is 31.6. The Balaban J connectivity index is 2.03. The van der Waals surface area contributed by atoms with E-state index in [1.807, 2.05) is 63.2 Å². The lowest BCUT2D eigenvalue weighted by Crippen LogP contribution is -2.49. The Hall–Kier alpha value is -2.66. The lowest BCUT2D eigenvalue weighted by Gasteiger charge is -2.32. The summed E-state index contributed by atoms with van der Waals surface area (Å²) in [6, 6.07) is 16.3. The zero-order valence-corrected chi connectivity index (χ0v) is 15.4. The first kappa shape index (κ1) is 18.1. The summed E-state index contributed by atoms with van der Waals surface area (Å²) in [7, 11) is 0. The minimum absolute atomic E-state index is 0.0254. The van der Waals surface area contributed by atoms with Gasteiger partial charge in [0.2, 0.25) is 0 Å². The van der Waals surface area contributed by atoms with Crippen molar-refractivity contribution in [2.45, 2.75) is 38.8 Å². The molecule has 1 aliphatic heterocycles. The van der Waals surface area contributed by atoms with Crippen LogP contribution in [0.2, 0.25) is 0 Å². The second-order valence-electron chi connectivity index (χ2n) is 6.90. The molecular weight excluding hydrogens is 328 g/mol. The second-order valence-corrected chi connectivity index (χ2v) is 6.90. The van der Waals surface area contributed by atoms with Gasteiger partial charge in [-0.3, -0.25) is 14.4 Å². The van der Waals surface area contributed by atoms with Crippen LogP contribution in [-0.2, 0) is 9.63 Å². The molecule has 0 bridgehead atoms. The summed E-state index contributed by atoms with van der Waals surface area (Å²) in [5, 5.41) is 4.67. The molecule has 0 spiro atoms. The fourth-order valence-corrected chi connectivity index (χ4v) is 3.23. The zero-order chi connectivity index (χ0) is 18.7. The first-order chi connectivity index (χ1) is 12.4. The highest BCUT2D eigenvalue weighted by molar-refractivity contribution is 5.97. The SMILES string of the molecule is CCON1C(=O)C(C)(C)Nc2ccccc2C1CC(=O)c1ccccc1. The van der Waals surface area contributed by atoms with E-state index >= 15 is 0 Å². The molecule has 26 heavy (non-hydrogen) atoms. The zero-order valence-electron chi connectivity index (χ0n) is 15.4. The normalized spacial score (nSPS) is 18.7. The van der Waals surface area contributed by atoms with Crippen LogP contribution in [0.1, 0.15) is 49.2 Å². The van der Waals surface area contributed by atoms with Crippen LogP contribution in [0, 0.1) is 0 Å². The molecular formula is C21H24N2O3. The molecule has 0 saturated heterocycles. The summed E-state index contributed by atoms with van der Waals surface area (Å²) in [5.41, 5.74) is 1.52. The average molecular weight is 352 g/mol. The van der Waals surface area contributed by atoms with Crippen LogP contribution in [0.15, 0.2) is 54.6 Å². The van der Waals surface area contributed by atoms with E-state index in [1.54, 1.807) is 12.1 Å². The van der Waals surface area contributed by atoms with Crippen molar-refractivity contribution in [1.29, 1.82) is 0 Å². The number of hydrogen-bond acceptors (Lipinski definition) is 4. The molecule has 1 atom stereocenters. The van der Waals surface area contributed by atoms with E-state index in [0.717, 1.165) is 11.3 Å². The standard InChI is InChI=1S/C21H24N2O3/c1-4-26-23-18(14-19(24)15-10-6-5-7-11-15)16-12-8-9-13-17(16)22-21(2,3)20(23)25/h5-13,18,22H,4,14H2,1-3H3. The third-order valence-corrected chi connectivity index (χ3v) is 4.53. The summed E-state index contributed by atoms with van der Waals surface area (Å²) >= 11 is 0.